The van der Waals surface area contributed by atoms with Crippen LogP contribution in [-0.4, -0.2) is 29.4 Å². The lowest BCUT2D eigenvalue weighted by Gasteiger charge is -2.14. The predicted molar refractivity (Wildman–Crippen MR) is 73.4 cm³/mol. The number of esters is 1. The number of hydrogen-bond acceptors (Lipinski definition) is 4. The number of hydrogen-bond donors (Lipinski definition) is 2. The Kier molecular flexibility index (Phi) is 5.82. The highest BCUT2D eigenvalue weighted by atomic mass is 16.5. The van der Waals surface area contributed by atoms with E-state index in [0.29, 0.717) is 0 Å². The van der Waals surface area contributed by atoms with Crippen molar-refractivity contribution in [1.82, 2.24) is 0 Å². The predicted octanol–water partition coefficient (Wildman–Crippen LogP) is 2.31. The third-order valence-electron chi connectivity index (χ3n) is 2.73. The summed E-state index contributed by atoms with van der Waals surface area (Å²) in [6.45, 7) is 1.62. The molecule has 1 rings (SSSR count). The Morgan fingerprint density at radius 1 is 1.32 bits per heavy atom. The molecule has 4 heteroatoms. The summed E-state index contributed by atoms with van der Waals surface area (Å²) >= 11 is 0. The summed E-state index contributed by atoms with van der Waals surface area (Å²) in [5.41, 5.74) is 0.949. The average molecular weight is 262 g/mol. The van der Waals surface area contributed by atoms with Crippen LogP contribution in [-0.2, 0) is 9.53 Å². The smallest absolute Gasteiger partial charge is 0.333 e. The largest absolute Gasteiger partial charge is 0.512 e. The van der Waals surface area contributed by atoms with Crippen molar-refractivity contribution in [2.75, 3.05) is 7.11 Å². The van der Waals surface area contributed by atoms with Gasteiger partial charge in [0.2, 0.25) is 0 Å². The summed E-state index contributed by atoms with van der Waals surface area (Å²) in [5, 5.41) is 19.5. The standard InChI is InChI=1S/C15H18O4/c1-11(14(17)10-15(18)19-2)13(16)9-8-12-6-4-3-5-7-12/h3-11,13,16-17H,1-2H3/b9-8+,14-10-. The lowest BCUT2D eigenvalue weighted by Crippen LogP contribution is -2.17. The third kappa shape index (κ3) is 4.97. The van der Waals surface area contributed by atoms with E-state index in [9.17, 15) is 15.0 Å². The summed E-state index contributed by atoms with van der Waals surface area (Å²) in [4.78, 5) is 11.0. The molecule has 2 unspecified atom stereocenters. The second-order valence-electron chi connectivity index (χ2n) is 4.14. The molecule has 0 aromatic heterocycles. The molecule has 0 saturated carbocycles. The highest BCUT2D eigenvalue weighted by molar-refractivity contribution is 5.82. The van der Waals surface area contributed by atoms with Crippen molar-refractivity contribution in [2.24, 2.45) is 5.92 Å². The fourth-order valence-electron chi connectivity index (χ4n) is 1.43. The lowest BCUT2D eigenvalue weighted by molar-refractivity contribution is -0.135. The van der Waals surface area contributed by atoms with Crippen LogP contribution in [0.5, 0.6) is 0 Å². The monoisotopic (exact) mass is 262 g/mol. The van der Waals surface area contributed by atoms with Crippen molar-refractivity contribution in [2.45, 2.75) is 13.0 Å². The van der Waals surface area contributed by atoms with E-state index < -0.39 is 18.0 Å². The Bertz CT molecular complexity index is 462. The van der Waals surface area contributed by atoms with Crippen molar-refractivity contribution >= 4 is 12.0 Å². The first kappa shape index (κ1) is 15.0. The van der Waals surface area contributed by atoms with Gasteiger partial charge in [0.25, 0.3) is 0 Å². The third-order valence-corrected chi connectivity index (χ3v) is 2.73. The summed E-state index contributed by atoms with van der Waals surface area (Å²) in [5.74, 6) is -1.44. The fourth-order valence-corrected chi connectivity index (χ4v) is 1.43. The normalized spacial score (nSPS) is 15.2. The molecule has 0 radical (unpaired) electrons. The van der Waals surface area contributed by atoms with Crippen molar-refractivity contribution in [3.05, 3.63) is 53.8 Å². The summed E-state index contributed by atoms with van der Waals surface area (Å²) < 4.78 is 4.41. The number of aliphatic hydroxyl groups is 2. The van der Waals surface area contributed by atoms with Gasteiger partial charge < -0.3 is 14.9 Å². The number of rotatable bonds is 5. The molecule has 0 fully saturated rings. The maximum atomic E-state index is 11.0. The Morgan fingerprint density at radius 2 is 1.95 bits per heavy atom. The molecule has 0 amide bonds. The van der Waals surface area contributed by atoms with Crippen molar-refractivity contribution in [3.8, 4) is 0 Å². The molecule has 0 heterocycles. The molecule has 0 bridgehead atoms. The Balaban J connectivity index is 2.67. The van der Waals surface area contributed by atoms with Crippen LogP contribution < -0.4 is 0 Å². The van der Waals surface area contributed by atoms with Gasteiger partial charge in [0, 0.05) is 5.92 Å². The Morgan fingerprint density at radius 3 is 2.53 bits per heavy atom. The zero-order valence-electron chi connectivity index (χ0n) is 11.0. The van der Waals surface area contributed by atoms with Crippen LogP contribution >= 0.6 is 0 Å². The van der Waals surface area contributed by atoms with Gasteiger partial charge >= 0.3 is 5.97 Å². The molecule has 102 valence electrons. The van der Waals surface area contributed by atoms with Gasteiger partial charge in [0.05, 0.1) is 19.3 Å². The number of carbonyl (C=O) groups is 1. The topological polar surface area (TPSA) is 66.8 Å². The van der Waals surface area contributed by atoms with Gasteiger partial charge in [-0.15, -0.1) is 0 Å². The zero-order valence-corrected chi connectivity index (χ0v) is 11.0. The van der Waals surface area contributed by atoms with Gasteiger partial charge in [-0.05, 0) is 5.56 Å². The number of ether oxygens (including phenoxy) is 1. The Hall–Kier alpha value is -2.07. The van der Waals surface area contributed by atoms with Crippen molar-refractivity contribution in [3.63, 3.8) is 0 Å². The lowest BCUT2D eigenvalue weighted by atomic mass is 10.0. The highest BCUT2D eigenvalue weighted by Crippen LogP contribution is 2.15. The first-order valence-electron chi connectivity index (χ1n) is 5.94. The van der Waals surface area contributed by atoms with Gasteiger partial charge in [-0.1, -0.05) is 49.4 Å². The van der Waals surface area contributed by atoms with Crippen LogP contribution in [0.15, 0.2) is 48.2 Å². The summed E-state index contributed by atoms with van der Waals surface area (Å²) in [6.07, 6.45) is 3.40. The van der Waals surface area contributed by atoms with Crippen LogP contribution in [0.3, 0.4) is 0 Å². The van der Waals surface area contributed by atoms with Gasteiger partial charge in [-0.3, -0.25) is 0 Å². The number of methoxy groups -OCH3 is 1. The van der Waals surface area contributed by atoms with E-state index in [4.69, 9.17) is 0 Å². The minimum atomic E-state index is -0.888. The first-order valence-corrected chi connectivity index (χ1v) is 5.94. The van der Waals surface area contributed by atoms with Gasteiger partial charge in [-0.25, -0.2) is 4.79 Å². The maximum Gasteiger partial charge on any atom is 0.333 e. The van der Waals surface area contributed by atoms with Crippen LogP contribution in [0.25, 0.3) is 6.08 Å². The molecule has 1 aromatic carbocycles. The number of carbonyl (C=O) groups excluding carboxylic acids is 1. The molecule has 0 spiro atoms. The SMILES string of the molecule is COC(=O)/C=C(\O)C(C)C(O)/C=C/c1ccccc1. The maximum absolute atomic E-state index is 11.0. The van der Waals surface area contributed by atoms with E-state index in [2.05, 4.69) is 4.74 Å². The van der Waals surface area contributed by atoms with Crippen LogP contribution in [0.4, 0.5) is 0 Å². The molecule has 0 aliphatic carbocycles. The first-order chi connectivity index (χ1) is 9.04. The minimum absolute atomic E-state index is 0.211. The fraction of sp³-hybridized carbons (Fsp3) is 0.267. The molecule has 0 aliphatic heterocycles. The molecule has 0 saturated heterocycles. The molecule has 19 heavy (non-hydrogen) atoms. The minimum Gasteiger partial charge on any atom is -0.512 e. The molecule has 4 nitrogen and oxygen atoms in total. The quantitative estimate of drug-likeness (QED) is 0.485. The van der Waals surface area contributed by atoms with Crippen LogP contribution in [0, 0.1) is 5.92 Å². The zero-order chi connectivity index (χ0) is 14.3. The summed E-state index contributed by atoms with van der Waals surface area (Å²) in [6, 6.07) is 9.49. The molecule has 0 aliphatic rings. The van der Waals surface area contributed by atoms with E-state index in [0.717, 1.165) is 11.6 Å². The van der Waals surface area contributed by atoms with E-state index in [1.165, 1.54) is 7.11 Å². The van der Waals surface area contributed by atoms with Gasteiger partial charge in [-0.2, -0.15) is 0 Å². The van der Waals surface area contributed by atoms with E-state index in [-0.39, 0.29) is 5.76 Å². The second kappa shape index (κ2) is 7.38. The molecular weight excluding hydrogens is 244 g/mol. The summed E-state index contributed by atoms with van der Waals surface area (Å²) in [7, 11) is 1.22. The van der Waals surface area contributed by atoms with Crippen molar-refractivity contribution in [1.29, 1.82) is 0 Å². The van der Waals surface area contributed by atoms with Gasteiger partial charge in [0.1, 0.15) is 5.76 Å². The molecular formula is C15H18O4. The molecule has 1 aromatic rings. The van der Waals surface area contributed by atoms with Crippen LogP contribution in [0.1, 0.15) is 12.5 Å². The van der Waals surface area contributed by atoms with Crippen LogP contribution in [0.2, 0.25) is 0 Å². The number of benzene rings is 1. The number of aliphatic hydroxyl groups excluding tert-OH is 2. The Labute approximate surface area is 112 Å². The average Bonchev–Trinajstić information content (AvgIpc) is 2.44. The van der Waals surface area contributed by atoms with E-state index in [1.807, 2.05) is 30.3 Å². The molecule has 2 N–H and O–H groups in total. The highest BCUT2D eigenvalue weighted by Gasteiger charge is 2.16. The van der Waals surface area contributed by atoms with E-state index >= 15 is 0 Å². The van der Waals surface area contributed by atoms with E-state index in [1.54, 1.807) is 19.1 Å². The molecule has 2 atom stereocenters. The van der Waals surface area contributed by atoms with Crippen molar-refractivity contribution < 1.29 is 19.7 Å². The van der Waals surface area contributed by atoms with Gasteiger partial charge in [0.15, 0.2) is 0 Å². The second-order valence-corrected chi connectivity index (χ2v) is 4.14.